The molecule has 124 valence electrons. The summed E-state index contributed by atoms with van der Waals surface area (Å²) < 4.78 is 2.27. The molecule has 2 aromatic heterocycles. The second-order valence-corrected chi connectivity index (χ2v) is 6.25. The predicted octanol–water partition coefficient (Wildman–Crippen LogP) is 2.52. The summed E-state index contributed by atoms with van der Waals surface area (Å²) in [4.78, 5) is 26.5. The summed E-state index contributed by atoms with van der Waals surface area (Å²) in [6.07, 6.45) is 7.05. The first-order valence-electron chi connectivity index (χ1n) is 8.52. The molecule has 6 nitrogen and oxygen atoms in total. The third-order valence-electron chi connectivity index (χ3n) is 4.75. The lowest BCUT2D eigenvalue weighted by molar-refractivity contribution is 0.393. The standard InChI is InChI=1S/C18H21N5O/c1-2-16-19-9-11-23(16)13-6-5-10-22(12-13)18-20-15-8-4-3-7-14(15)17(24)21-18/h3-4,7-9,11,13H,2,5-6,10,12H2,1H3,(H,20,21,24). The van der Waals surface area contributed by atoms with Crippen LogP contribution in [0.1, 0.15) is 31.6 Å². The number of hydrogen-bond donors (Lipinski definition) is 1. The van der Waals surface area contributed by atoms with E-state index in [1.54, 1.807) is 0 Å². The second kappa shape index (κ2) is 6.11. The van der Waals surface area contributed by atoms with E-state index in [1.807, 2.05) is 30.5 Å². The molecule has 1 aliphatic heterocycles. The van der Waals surface area contributed by atoms with Crippen LogP contribution in [0.25, 0.3) is 10.9 Å². The number of aromatic amines is 1. The van der Waals surface area contributed by atoms with E-state index >= 15 is 0 Å². The molecule has 1 N–H and O–H groups in total. The van der Waals surface area contributed by atoms with Gasteiger partial charge in [-0.05, 0) is 25.0 Å². The Bertz CT molecular complexity index is 913. The zero-order valence-corrected chi connectivity index (χ0v) is 13.8. The van der Waals surface area contributed by atoms with Crippen molar-refractivity contribution in [1.82, 2.24) is 19.5 Å². The molecule has 0 radical (unpaired) electrons. The van der Waals surface area contributed by atoms with Gasteiger partial charge < -0.3 is 9.47 Å². The molecule has 0 aliphatic carbocycles. The largest absolute Gasteiger partial charge is 0.340 e. The van der Waals surface area contributed by atoms with Crippen molar-refractivity contribution in [3.63, 3.8) is 0 Å². The Morgan fingerprint density at radius 1 is 1.33 bits per heavy atom. The maximum absolute atomic E-state index is 12.3. The smallest absolute Gasteiger partial charge is 0.260 e. The van der Waals surface area contributed by atoms with Crippen LogP contribution in [-0.4, -0.2) is 32.6 Å². The van der Waals surface area contributed by atoms with Crippen molar-refractivity contribution >= 4 is 16.9 Å². The van der Waals surface area contributed by atoms with E-state index in [2.05, 4.69) is 37.5 Å². The van der Waals surface area contributed by atoms with Crippen molar-refractivity contribution in [1.29, 1.82) is 0 Å². The fraction of sp³-hybridized carbons (Fsp3) is 0.389. The lowest BCUT2D eigenvalue weighted by Gasteiger charge is -2.34. The molecule has 1 atom stereocenters. The molecule has 1 aromatic carbocycles. The molecule has 1 saturated heterocycles. The lowest BCUT2D eigenvalue weighted by atomic mass is 10.1. The minimum absolute atomic E-state index is 0.0744. The fourth-order valence-corrected chi connectivity index (χ4v) is 3.55. The minimum atomic E-state index is -0.0744. The lowest BCUT2D eigenvalue weighted by Crippen LogP contribution is -2.38. The molecule has 0 bridgehead atoms. The SMILES string of the molecule is CCc1nccn1C1CCCN(c2nc3ccccc3c(=O)[nH]2)C1. The second-order valence-electron chi connectivity index (χ2n) is 6.25. The number of piperidine rings is 1. The number of nitrogens with one attached hydrogen (secondary N) is 1. The number of fused-ring (bicyclic) bond motifs is 1. The van der Waals surface area contributed by atoms with Gasteiger partial charge in [0.1, 0.15) is 5.82 Å². The highest BCUT2D eigenvalue weighted by Gasteiger charge is 2.24. The molecule has 1 unspecified atom stereocenters. The number of nitrogens with zero attached hydrogens (tertiary/aromatic N) is 4. The van der Waals surface area contributed by atoms with Crippen molar-refractivity contribution in [2.24, 2.45) is 0 Å². The Labute approximate surface area is 140 Å². The maximum atomic E-state index is 12.3. The normalized spacial score (nSPS) is 18.2. The van der Waals surface area contributed by atoms with E-state index < -0.39 is 0 Å². The van der Waals surface area contributed by atoms with Crippen molar-refractivity contribution < 1.29 is 0 Å². The van der Waals surface area contributed by atoms with Crippen LogP contribution in [-0.2, 0) is 6.42 Å². The van der Waals surface area contributed by atoms with Crippen LogP contribution in [0.5, 0.6) is 0 Å². The average Bonchev–Trinajstić information content (AvgIpc) is 3.10. The van der Waals surface area contributed by atoms with E-state index in [0.29, 0.717) is 17.4 Å². The predicted molar refractivity (Wildman–Crippen MR) is 94.5 cm³/mol. The Morgan fingerprint density at radius 3 is 3.08 bits per heavy atom. The number of imidazole rings is 1. The Balaban J connectivity index is 1.66. The molecular weight excluding hydrogens is 302 g/mol. The average molecular weight is 323 g/mol. The van der Waals surface area contributed by atoms with E-state index in [0.717, 1.165) is 43.7 Å². The van der Waals surface area contributed by atoms with Crippen molar-refractivity contribution in [3.05, 3.63) is 52.8 Å². The van der Waals surface area contributed by atoms with Crippen LogP contribution < -0.4 is 10.5 Å². The summed E-state index contributed by atoms with van der Waals surface area (Å²) in [6.45, 7) is 3.88. The molecule has 3 heterocycles. The molecule has 0 spiro atoms. The van der Waals surface area contributed by atoms with Crippen LogP contribution in [0.2, 0.25) is 0 Å². The van der Waals surface area contributed by atoms with Crippen LogP contribution in [0.15, 0.2) is 41.5 Å². The maximum Gasteiger partial charge on any atom is 0.260 e. The number of aryl methyl sites for hydroxylation is 1. The number of hydrogen-bond acceptors (Lipinski definition) is 4. The molecule has 1 fully saturated rings. The molecule has 0 saturated carbocycles. The highest BCUT2D eigenvalue weighted by Crippen LogP contribution is 2.25. The van der Waals surface area contributed by atoms with Crippen LogP contribution in [0, 0.1) is 0 Å². The van der Waals surface area contributed by atoms with E-state index in [9.17, 15) is 4.79 Å². The number of aromatic nitrogens is 4. The zero-order chi connectivity index (χ0) is 16.5. The summed E-state index contributed by atoms with van der Waals surface area (Å²) in [5.74, 6) is 1.78. The van der Waals surface area contributed by atoms with Crippen molar-refractivity contribution in [2.45, 2.75) is 32.2 Å². The summed E-state index contributed by atoms with van der Waals surface area (Å²) in [5.41, 5.74) is 0.671. The third kappa shape index (κ3) is 2.58. The first-order chi connectivity index (χ1) is 11.8. The fourth-order valence-electron chi connectivity index (χ4n) is 3.55. The van der Waals surface area contributed by atoms with Gasteiger partial charge in [0, 0.05) is 31.9 Å². The van der Waals surface area contributed by atoms with Crippen LogP contribution in [0.4, 0.5) is 5.95 Å². The van der Waals surface area contributed by atoms with Gasteiger partial charge in [-0.25, -0.2) is 9.97 Å². The van der Waals surface area contributed by atoms with Gasteiger partial charge in [-0.3, -0.25) is 9.78 Å². The van der Waals surface area contributed by atoms with Gasteiger partial charge in [0.05, 0.1) is 16.9 Å². The molecular formula is C18H21N5O. The first kappa shape index (κ1) is 14.9. The monoisotopic (exact) mass is 323 g/mol. The number of para-hydroxylation sites is 1. The Kier molecular flexibility index (Phi) is 3.80. The van der Waals surface area contributed by atoms with Crippen LogP contribution >= 0.6 is 0 Å². The number of anilines is 1. The summed E-state index contributed by atoms with van der Waals surface area (Å²) in [7, 11) is 0. The van der Waals surface area contributed by atoms with Gasteiger partial charge in [0.2, 0.25) is 5.95 Å². The van der Waals surface area contributed by atoms with E-state index in [1.165, 1.54) is 0 Å². The van der Waals surface area contributed by atoms with Gasteiger partial charge >= 0.3 is 0 Å². The van der Waals surface area contributed by atoms with E-state index in [4.69, 9.17) is 0 Å². The number of H-pyrrole nitrogens is 1. The number of rotatable bonds is 3. The summed E-state index contributed by atoms with van der Waals surface area (Å²) in [6, 6.07) is 7.84. The molecule has 4 rings (SSSR count). The van der Waals surface area contributed by atoms with Gasteiger partial charge in [0.15, 0.2) is 0 Å². The molecule has 0 amide bonds. The quantitative estimate of drug-likeness (QED) is 0.804. The van der Waals surface area contributed by atoms with E-state index in [-0.39, 0.29) is 5.56 Å². The third-order valence-corrected chi connectivity index (χ3v) is 4.75. The van der Waals surface area contributed by atoms with Gasteiger partial charge in [0.25, 0.3) is 5.56 Å². The highest BCUT2D eigenvalue weighted by atomic mass is 16.1. The summed E-state index contributed by atoms with van der Waals surface area (Å²) in [5, 5.41) is 0.637. The van der Waals surface area contributed by atoms with Gasteiger partial charge in [-0.2, -0.15) is 0 Å². The summed E-state index contributed by atoms with van der Waals surface area (Å²) >= 11 is 0. The van der Waals surface area contributed by atoms with Crippen molar-refractivity contribution in [2.75, 3.05) is 18.0 Å². The van der Waals surface area contributed by atoms with Gasteiger partial charge in [-0.1, -0.05) is 19.1 Å². The first-order valence-corrected chi connectivity index (χ1v) is 8.52. The van der Waals surface area contributed by atoms with Gasteiger partial charge in [-0.15, -0.1) is 0 Å². The minimum Gasteiger partial charge on any atom is -0.340 e. The van der Waals surface area contributed by atoms with Crippen LogP contribution in [0.3, 0.4) is 0 Å². The Morgan fingerprint density at radius 2 is 2.21 bits per heavy atom. The topological polar surface area (TPSA) is 66.8 Å². The molecule has 3 aromatic rings. The molecule has 6 heteroatoms. The Hall–Kier alpha value is -2.63. The van der Waals surface area contributed by atoms with Crippen molar-refractivity contribution in [3.8, 4) is 0 Å². The number of benzene rings is 1. The highest BCUT2D eigenvalue weighted by molar-refractivity contribution is 5.78. The molecule has 24 heavy (non-hydrogen) atoms. The zero-order valence-electron chi connectivity index (χ0n) is 13.8. The molecule has 1 aliphatic rings.